The summed E-state index contributed by atoms with van der Waals surface area (Å²) in [4.78, 5) is 34.1. The fourth-order valence-electron chi connectivity index (χ4n) is 2.71. The Morgan fingerprint density at radius 3 is 2.12 bits per heavy atom. The van der Waals surface area contributed by atoms with Crippen LogP contribution in [0.2, 0.25) is 0 Å². The van der Waals surface area contributed by atoms with Crippen LogP contribution < -0.4 is 10.9 Å². The summed E-state index contributed by atoms with van der Waals surface area (Å²) in [5.74, 6) is -0.945. The molecule has 7 nitrogen and oxygen atoms in total. The van der Waals surface area contributed by atoms with Crippen molar-refractivity contribution in [3.8, 4) is 0 Å². The molecule has 122 valence electrons. The highest BCUT2D eigenvalue weighted by atomic mass is 16.6. The second kappa shape index (κ2) is 6.49. The van der Waals surface area contributed by atoms with Crippen LogP contribution in [-0.2, 0) is 12.8 Å². The monoisotopic (exact) mass is 325 g/mol. The lowest BCUT2D eigenvalue weighted by molar-refractivity contribution is -0.384. The molecular formula is C17H15N3O4. The van der Waals surface area contributed by atoms with E-state index in [0.29, 0.717) is 5.56 Å². The van der Waals surface area contributed by atoms with Gasteiger partial charge in [-0.25, -0.2) is 0 Å². The molecule has 0 aliphatic heterocycles. The summed E-state index contributed by atoms with van der Waals surface area (Å²) in [6.45, 7) is 0. The Balaban J connectivity index is 1.61. The summed E-state index contributed by atoms with van der Waals surface area (Å²) in [5, 5.41) is 10.6. The number of hydrogen-bond acceptors (Lipinski definition) is 4. The second-order valence-corrected chi connectivity index (χ2v) is 5.55. The van der Waals surface area contributed by atoms with Crippen LogP contribution >= 0.6 is 0 Å². The molecule has 0 unspecified atom stereocenters. The van der Waals surface area contributed by atoms with E-state index < -0.39 is 16.7 Å². The highest BCUT2D eigenvalue weighted by molar-refractivity contribution is 5.99. The first kappa shape index (κ1) is 15.7. The van der Waals surface area contributed by atoms with Crippen molar-refractivity contribution in [1.29, 1.82) is 0 Å². The molecule has 1 aliphatic carbocycles. The van der Waals surface area contributed by atoms with Crippen molar-refractivity contribution in [2.45, 2.75) is 19.3 Å². The van der Waals surface area contributed by atoms with Gasteiger partial charge in [0.1, 0.15) is 0 Å². The number of carbonyl (C=O) groups excluding carboxylic acids is 2. The third-order valence-electron chi connectivity index (χ3n) is 3.99. The molecule has 2 amide bonds. The number of nitrogens with one attached hydrogen (secondary N) is 2. The van der Waals surface area contributed by atoms with E-state index in [9.17, 15) is 19.7 Å². The number of aryl methyl sites for hydroxylation is 2. The molecule has 0 aromatic heterocycles. The predicted molar refractivity (Wildman–Crippen MR) is 86.5 cm³/mol. The Hall–Kier alpha value is -3.22. The van der Waals surface area contributed by atoms with Crippen LogP contribution in [0.3, 0.4) is 0 Å². The third kappa shape index (κ3) is 3.24. The summed E-state index contributed by atoms with van der Waals surface area (Å²) in [6.07, 6.45) is 3.09. The normalized spacial score (nSPS) is 12.3. The van der Waals surface area contributed by atoms with E-state index in [1.807, 2.05) is 12.1 Å². The summed E-state index contributed by atoms with van der Waals surface area (Å²) in [5.41, 5.74) is 7.69. The minimum absolute atomic E-state index is 0.103. The van der Waals surface area contributed by atoms with Crippen LogP contribution in [0, 0.1) is 10.1 Å². The van der Waals surface area contributed by atoms with E-state index in [1.54, 1.807) is 6.07 Å². The number of benzene rings is 2. The van der Waals surface area contributed by atoms with Gasteiger partial charge in [-0.1, -0.05) is 6.07 Å². The number of rotatable bonds is 3. The molecule has 0 atom stereocenters. The zero-order valence-electron chi connectivity index (χ0n) is 12.7. The SMILES string of the molecule is O=C(NNC(=O)c1ccc2c(c1)CCC2)c1ccc([N+](=O)[O-])cc1. The van der Waals surface area contributed by atoms with Gasteiger partial charge in [0.15, 0.2) is 0 Å². The Morgan fingerprint density at radius 1 is 0.875 bits per heavy atom. The zero-order valence-corrected chi connectivity index (χ0v) is 12.7. The van der Waals surface area contributed by atoms with Crippen molar-refractivity contribution in [1.82, 2.24) is 10.9 Å². The van der Waals surface area contributed by atoms with Crippen LogP contribution in [0.15, 0.2) is 42.5 Å². The highest BCUT2D eigenvalue weighted by Gasteiger charge is 2.15. The minimum Gasteiger partial charge on any atom is -0.267 e. The number of non-ortho nitro benzene ring substituents is 1. The van der Waals surface area contributed by atoms with Gasteiger partial charge < -0.3 is 0 Å². The predicted octanol–water partition coefficient (Wildman–Crippen LogP) is 2.16. The number of hydrazine groups is 1. The lowest BCUT2D eigenvalue weighted by atomic mass is 10.1. The van der Waals surface area contributed by atoms with Crippen molar-refractivity contribution >= 4 is 17.5 Å². The molecule has 2 N–H and O–H groups in total. The van der Waals surface area contributed by atoms with Crippen LogP contribution in [0.5, 0.6) is 0 Å². The van der Waals surface area contributed by atoms with Crippen LogP contribution in [0.25, 0.3) is 0 Å². The third-order valence-corrected chi connectivity index (χ3v) is 3.99. The van der Waals surface area contributed by atoms with E-state index in [2.05, 4.69) is 10.9 Å². The van der Waals surface area contributed by atoms with Crippen molar-refractivity contribution < 1.29 is 14.5 Å². The molecule has 0 bridgehead atoms. The fraction of sp³-hybridized carbons (Fsp3) is 0.176. The smallest absolute Gasteiger partial charge is 0.267 e. The minimum atomic E-state index is -0.544. The van der Waals surface area contributed by atoms with Gasteiger partial charge in [0.25, 0.3) is 17.5 Å². The van der Waals surface area contributed by atoms with E-state index in [4.69, 9.17) is 0 Å². The molecule has 0 saturated heterocycles. The largest absolute Gasteiger partial charge is 0.269 e. The number of hydrogen-bond donors (Lipinski definition) is 2. The molecule has 0 radical (unpaired) electrons. The quantitative estimate of drug-likeness (QED) is 0.667. The number of nitrogens with zero attached hydrogens (tertiary/aromatic N) is 1. The van der Waals surface area contributed by atoms with Crippen molar-refractivity contribution in [2.75, 3.05) is 0 Å². The van der Waals surface area contributed by atoms with Gasteiger partial charge in [-0.3, -0.25) is 30.6 Å². The van der Waals surface area contributed by atoms with Gasteiger partial charge in [-0.05, 0) is 54.7 Å². The first-order valence-electron chi connectivity index (χ1n) is 7.51. The number of carbonyl (C=O) groups is 2. The van der Waals surface area contributed by atoms with E-state index in [1.165, 1.54) is 35.4 Å². The summed E-state index contributed by atoms with van der Waals surface area (Å²) < 4.78 is 0. The summed E-state index contributed by atoms with van der Waals surface area (Å²) >= 11 is 0. The number of amides is 2. The highest BCUT2D eigenvalue weighted by Crippen LogP contribution is 2.22. The van der Waals surface area contributed by atoms with Crippen LogP contribution in [0.4, 0.5) is 5.69 Å². The van der Waals surface area contributed by atoms with Crippen molar-refractivity contribution in [3.63, 3.8) is 0 Å². The Kier molecular flexibility index (Phi) is 4.24. The maximum absolute atomic E-state index is 12.1. The molecular weight excluding hydrogens is 310 g/mol. The van der Waals surface area contributed by atoms with Gasteiger partial charge in [-0.2, -0.15) is 0 Å². The topological polar surface area (TPSA) is 101 Å². The molecule has 1 aliphatic rings. The Morgan fingerprint density at radius 2 is 1.46 bits per heavy atom. The molecule has 3 rings (SSSR count). The lowest BCUT2D eigenvalue weighted by Gasteiger charge is -2.08. The van der Waals surface area contributed by atoms with Gasteiger partial charge in [0, 0.05) is 23.3 Å². The standard InChI is InChI=1S/C17H15N3O4/c21-16(12-6-8-15(9-7-12)20(23)24)18-19-17(22)14-5-4-11-2-1-3-13(11)10-14/h4-10H,1-3H2,(H,18,21)(H,19,22). The fourth-order valence-corrected chi connectivity index (χ4v) is 2.71. The molecule has 2 aromatic rings. The van der Waals surface area contributed by atoms with Crippen molar-refractivity contribution in [3.05, 3.63) is 74.8 Å². The zero-order chi connectivity index (χ0) is 17.1. The lowest BCUT2D eigenvalue weighted by Crippen LogP contribution is -2.41. The second-order valence-electron chi connectivity index (χ2n) is 5.55. The number of nitro benzene ring substituents is 1. The molecule has 0 heterocycles. The average Bonchev–Trinajstić information content (AvgIpc) is 3.07. The molecule has 24 heavy (non-hydrogen) atoms. The average molecular weight is 325 g/mol. The number of fused-ring (bicyclic) bond motifs is 1. The first-order valence-corrected chi connectivity index (χ1v) is 7.51. The molecule has 0 fully saturated rings. The number of nitro groups is 1. The maximum atomic E-state index is 12.1. The summed E-state index contributed by atoms with van der Waals surface area (Å²) in [7, 11) is 0. The van der Waals surface area contributed by atoms with Gasteiger partial charge >= 0.3 is 0 Å². The van der Waals surface area contributed by atoms with Crippen molar-refractivity contribution in [2.24, 2.45) is 0 Å². The summed E-state index contributed by atoms with van der Waals surface area (Å²) in [6, 6.07) is 10.6. The van der Waals surface area contributed by atoms with E-state index >= 15 is 0 Å². The van der Waals surface area contributed by atoms with E-state index in [0.717, 1.165) is 19.3 Å². The van der Waals surface area contributed by atoms with Gasteiger partial charge in [-0.15, -0.1) is 0 Å². The van der Waals surface area contributed by atoms with Gasteiger partial charge in [0.2, 0.25) is 0 Å². The van der Waals surface area contributed by atoms with Crippen LogP contribution in [-0.4, -0.2) is 16.7 Å². The molecule has 0 spiro atoms. The van der Waals surface area contributed by atoms with Gasteiger partial charge in [0.05, 0.1) is 4.92 Å². The first-order chi connectivity index (χ1) is 11.5. The molecule has 2 aromatic carbocycles. The molecule has 7 heteroatoms. The van der Waals surface area contributed by atoms with E-state index in [-0.39, 0.29) is 11.3 Å². The maximum Gasteiger partial charge on any atom is 0.269 e. The Bertz CT molecular complexity index is 815. The Labute approximate surface area is 137 Å². The molecule has 0 saturated carbocycles. The van der Waals surface area contributed by atoms with Crippen LogP contribution in [0.1, 0.15) is 38.3 Å².